The van der Waals surface area contributed by atoms with Gasteiger partial charge in [0.2, 0.25) is 0 Å². The predicted molar refractivity (Wildman–Crippen MR) is 120 cm³/mol. The fraction of sp³-hybridized carbons (Fsp3) is 0.0800. The third kappa shape index (κ3) is 4.14. The van der Waals surface area contributed by atoms with Gasteiger partial charge >= 0.3 is 0 Å². The van der Waals surface area contributed by atoms with E-state index in [-0.39, 0.29) is 5.82 Å². The fourth-order valence-electron chi connectivity index (χ4n) is 3.56. The third-order valence-electron chi connectivity index (χ3n) is 5.09. The fourth-order valence-corrected chi connectivity index (χ4v) is 3.56. The Balaban J connectivity index is 1.51. The van der Waals surface area contributed by atoms with Crippen LogP contribution < -0.4 is 5.32 Å². The van der Waals surface area contributed by atoms with Gasteiger partial charge in [0, 0.05) is 24.5 Å². The first kappa shape index (κ1) is 18.9. The molecule has 0 fully saturated rings. The van der Waals surface area contributed by atoms with Crippen molar-refractivity contribution >= 4 is 11.5 Å². The van der Waals surface area contributed by atoms with E-state index in [1.165, 1.54) is 6.07 Å². The van der Waals surface area contributed by atoms with Crippen LogP contribution in [0.25, 0.3) is 28.2 Å². The van der Waals surface area contributed by atoms with E-state index in [4.69, 9.17) is 10.1 Å². The van der Waals surface area contributed by atoms with Crippen molar-refractivity contribution in [1.82, 2.24) is 19.6 Å². The van der Waals surface area contributed by atoms with Crippen LogP contribution >= 0.6 is 0 Å². The quantitative estimate of drug-likeness (QED) is 0.416. The first-order valence-corrected chi connectivity index (χ1v) is 10.1. The van der Waals surface area contributed by atoms with Gasteiger partial charge in [-0.05, 0) is 59.5 Å². The summed E-state index contributed by atoms with van der Waals surface area (Å²) in [5.41, 5.74) is 4.73. The molecule has 3 aromatic heterocycles. The molecule has 1 N–H and O–H groups in total. The van der Waals surface area contributed by atoms with Crippen molar-refractivity contribution in [3.05, 3.63) is 103 Å². The Bertz CT molecular complexity index is 1320. The lowest BCUT2D eigenvalue weighted by molar-refractivity contribution is 0.625. The highest BCUT2D eigenvalue weighted by Gasteiger charge is 2.12. The molecular weight excluding hydrogens is 389 g/mol. The van der Waals surface area contributed by atoms with Crippen LogP contribution in [0.2, 0.25) is 0 Å². The zero-order chi connectivity index (χ0) is 21.0. The number of hydrogen-bond acceptors (Lipinski definition) is 4. The van der Waals surface area contributed by atoms with Gasteiger partial charge in [0.15, 0.2) is 11.5 Å². The molecule has 2 aromatic carbocycles. The molecule has 3 heterocycles. The van der Waals surface area contributed by atoms with E-state index in [1.807, 2.05) is 59.1 Å². The molecule has 0 aliphatic heterocycles. The van der Waals surface area contributed by atoms with Crippen molar-refractivity contribution in [3.8, 4) is 22.5 Å². The Morgan fingerprint density at radius 3 is 2.45 bits per heavy atom. The molecule has 5 rings (SSSR count). The van der Waals surface area contributed by atoms with Gasteiger partial charge in [-0.15, -0.1) is 5.10 Å². The number of fused-ring (bicyclic) bond motifs is 1. The van der Waals surface area contributed by atoms with Crippen LogP contribution in [0.1, 0.15) is 5.56 Å². The monoisotopic (exact) mass is 409 g/mol. The van der Waals surface area contributed by atoms with Crippen LogP contribution in [-0.4, -0.2) is 26.1 Å². The molecule has 0 amide bonds. The maximum absolute atomic E-state index is 13.5. The van der Waals surface area contributed by atoms with Crippen molar-refractivity contribution in [3.63, 3.8) is 0 Å². The number of nitrogens with one attached hydrogen (secondary N) is 1. The maximum atomic E-state index is 13.5. The Morgan fingerprint density at radius 2 is 1.65 bits per heavy atom. The molecule has 5 aromatic rings. The third-order valence-corrected chi connectivity index (χ3v) is 5.09. The van der Waals surface area contributed by atoms with Gasteiger partial charge in [-0.1, -0.05) is 42.5 Å². The van der Waals surface area contributed by atoms with Crippen LogP contribution in [0.5, 0.6) is 0 Å². The van der Waals surface area contributed by atoms with E-state index in [0.717, 1.165) is 33.7 Å². The van der Waals surface area contributed by atoms with E-state index < -0.39 is 0 Å². The van der Waals surface area contributed by atoms with E-state index in [2.05, 4.69) is 16.4 Å². The van der Waals surface area contributed by atoms with Gasteiger partial charge in [-0.25, -0.2) is 9.37 Å². The lowest BCUT2D eigenvalue weighted by atomic mass is 10.1. The summed E-state index contributed by atoms with van der Waals surface area (Å²) < 4.78 is 15.3. The minimum absolute atomic E-state index is 0.219. The molecule has 152 valence electrons. The van der Waals surface area contributed by atoms with Crippen molar-refractivity contribution in [2.75, 3.05) is 11.9 Å². The number of halogens is 1. The van der Waals surface area contributed by atoms with E-state index in [1.54, 1.807) is 24.5 Å². The Hall–Kier alpha value is -4.06. The topological polar surface area (TPSA) is 55.1 Å². The van der Waals surface area contributed by atoms with Crippen LogP contribution in [0.3, 0.4) is 0 Å². The number of hydrogen-bond donors (Lipinski definition) is 1. The number of benzene rings is 2. The Morgan fingerprint density at radius 1 is 0.806 bits per heavy atom. The van der Waals surface area contributed by atoms with E-state index in [9.17, 15) is 4.39 Å². The van der Waals surface area contributed by atoms with Crippen molar-refractivity contribution in [1.29, 1.82) is 0 Å². The zero-order valence-electron chi connectivity index (χ0n) is 16.7. The van der Waals surface area contributed by atoms with Gasteiger partial charge in [-0.3, -0.25) is 4.98 Å². The molecule has 0 aliphatic rings. The lowest BCUT2D eigenvalue weighted by Gasteiger charge is -2.11. The van der Waals surface area contributed by atoms with E-state index in [0.29, 0.717) is 18.8 Å². The molecule has 0 bridgehead atoms. The van der Waals surface area contributed by atoms with Crippen molar-refractivity contribution in [2.45, 2.75) is 6.42 Å². The van der Waals surface area contributed by atoms with Crippen LogP contribution in [0, 0.1) is 5.82 Å². The summed E-state index contributed by atoms with van der Waals surface area (Å²) in [5, 5.41) is 8.18. The molecule has 0 atom stereocenters. The lowest BCUT2D eigenvalue weighted by Crippen LogP contribution is -2.09. The molecule has 5 nitrogen and oxygen atoms in total. The number of rotatable bonds is 6. The van der Waals surface area contributed by atoms with Crippen molar-refractivity contribution in [2.24, 2.45) is 0 Å². The van der Waals surface area contributed by atoms with Gasteiger partial charge in [0.1, 0.15) is 11.6 Å². The molecular formula is C25H20FN5. The average molecular weight is 409 g/mol. The van der Waals surface area contributed by atoms with Crippen LogP contribution in [-0.2, 0) is 6.42 Å². The van der Waals surface area contributed by atoms with Crippen molar-refractivity contribution < 1.29 is 4.39 Å². The largest absolute Gasteiger partial charge is 0.370 e. The number of pyridine rings is 2. The molecule has 0 unspecified atom stereocenters. The minimum atomic E-state index is -0.219. The predicted octanol–water partition coefficient (Wildman–Crippen LogP) is 5.25. The van der Waals surface area contributed by atoms with Crippen LogP contribution in [0.4, 0.5) is 10.2 Å². The smallest absolute Gasteiger partial charge is 0.182 e. The molecule has 0 radical (unpaired) electrons. The first-order valence-electron chi connectivity index (χ1n) is 10.1. The van der Waals surface area contributed by atoms with Crippen LogP contribution in [0.15, 0.2) is 91.3 Å². The zero-order valence-corrected chi connectivity index (χ0v) is 16.7. The minimum Gasteiger partial charge on any atom is -0.370 e. The first-order chi connectivity index (χ1) is 15.3. The van der Waals surface area contributed by atoms with Gasteiger partial charge in [-0.2, -0.15) is 4.52 Å². The molecule has 31 heavy (non-hydrogen) atoms. The normalized spacial score (nSPS) is 11.0. The summed E-state index contributed by atoms with van der Waals surface area (Å²) in [6.07, 6.45) is 4.24. The molecule has 0 aliphatic carbocycles. The van der Waals surface area contributed by atoms with Gasteiger partial charge in [0.05, 0.1) is 0 Å². The highest BCUT2D eigenvalue weighted by atomic mass is 19.1. The maximum Gasteiger partial charge on any atom is 0.182 e. The highest BCUT2D eigenvalue weighted by molar-refractivity contribution is 5.72. The second-order valence-corrected chi connectivity index (χ2v) is 7.24. The number of aromatic nitrogens is 4. The highest BCUT2D eigenvalue weighted by Crippen LogP contribution is 2.26. The SMILES string of the molecule is Fc1cccc(CCNc2cc(-c3ccncc3)cc3nc(-c4ccccc4)nn23)c1. The standard InChI is InChI=1S/C25H20FN5/c26-22-8-4-5-18(15-22)9-14-28-23-16-21(19-10-12-27-13-11-19)17-24-29-25(30-31(23)24)20-6-2-1-3-7-20/h1-8,10-13,15-17,28H,9,14H2. The molecule has 0 spiro atoms. The summed E-state index contributed by atoms with van der Waals surface area (Å²) in [7, 11) is 0. The molecule has 6 heteroatoms. The average Bonchev–Trinajstić information content (AvgIpc) is 3.25. The molecule has 0 saturated carbocycles. The molecule has 0 saturated heterocycles. The Labute approximate surface area is 179 Å². The second kappa shape index (κ2) is 8.36. The Kier molecular flexibility index (Phi) is 5.10. The number of anilines is 1. The number of nitrogens with zero attached hydrogens (tertiary/aromatic N) is 4. The van der Waals surface area contributed by atoms with E-state index >= 15 is 0 Å². The summed E-state index contributed by atoms with van der Waals surface area (Å²) in [4.78, 5) is 8.86. The summed E-state index contributed by atoms with van der Waals surface area (Å²) in [6.45, 7) is 0.638. The van der Waals surface area contributed by atoms with Gasteiger partial charge < -0.3 is 5.32 Å². The second-order valence-electron chi connectivity index (χ2n) is 7.24. The summed E-state index contributed by atoms with van der Waals surface area (Å²) in [5.74, 6) is 1.28. The summed E-state index contributed by atoms with van der Waals surface area (Å²) in [6, 6.07) is 24.6. The summed E-state index contributed by atoms with van der Waals surface area (Å²) >= 11 is 0. The van der Waals surface area contributed by atoms with Gasteiger partial charge in [0.25, 0.3) is 0 Å².